The van der Waals surface area contributed by atoms with Crippen molar-refractivity contribution in [3.63, 3.8) is 0 Å². The van der Waals surface area contributed by atoms with E-state index in [4.69, 9.17) is 14.2 Å². The molecule has 3 N–H and O–H groups in total. The van der Waals surface area contributed by atoms with E-state index in [-0.39, 0.29) is 56.9 Å². The van der Waals surface area contributed by atoms with Crippen molar-refractivity contribution in [1.82, 2.24) is 0 Å². The van der Waals surface area contributed by atoms with Crippen molar-refractivity contribution in [2.24, 2.45) is 0 Å². The fourth-order valence-corrected chi connectivity index (χ4v) is 6.47. The Bertz CT molecular complexity index is 1650. The van der Waals surface area contributed by atoms with Gasteiger partial charge in [0.15, 0.2) is 0 Å². The molecule has 5 aromatic carbocycles. The van der Waals surface area contributed by atoms with Gasteiger partial charge in [-0.25, -0.2) is 0 Å². The molecule has 1 aliphatic rings. The van der Waals surface area contributed by atoms with Crippen molar-refractivity contribution >= 4 is 22.6 Å². The van der Waals surface area contributed by atoms with E-state index in [1.165, 1.54) is 0 Å². The van der Waals surface area contributed by atoms with Crippen LogP contribution in [-0.4, -0.2) is 15.3 Å². The monoisotopic (exact) mass is 714 g/mol. The summed E-state index contributed by atoms with van der Waals surface area (Å²) in [6, 6.07) is 32.0. The number of ether oxygens (including phenoxy) is 3. The Hall–Kier alpha value is -3.89. The highest BCUT2D eigenvalue weighted by molar-refractivity contribution is 14.1. The van der Waals surface area contributed by atoms with Gasteiger partial charge in [0.25, 0.3) is 0 Å². The van der Waals surface area contributed by atoms with Crippen LogP contribution in [0.5, 0.6) is 17.2 Å². The van der Waals surface area contributed by atoms with Crippen LogP contribution < -0.4 is 0 Å². The molecule has 0 fully saturated rings. The molecule has 5 aromatic rings. The molecule has 45 heavy (non-hydrogen) atoms. The van der Waals surface area contributed by atoms with Crippen LogP contribution in [0.2, 0.25) is 0 Å². The van der Waals surface area contributed by atoms with E-state index in [1.807, 2.05) is 72.8 Å². The van der Waals surface area contributed by atoms with Crippen molar-refractivity contribution in [2.45, 2.75) is 52.5 Å². The lowest BCUT2D eigenvalue weighted by atomic mass is 9.98. The predicted octanol–water partition coefficient (Wildman–Crippen LogP) is 8.05. The average molecular weight is 715 g/mol. The molecule has 6 rings (SSSR count). The lowest BCUT2D eigenvalue weighted by molar-refractivity contribution is 0.0930. The molecule has 0 saturated carbocycles. The van der Waals surface area contributed by atoms with Crippen LogP contribution in [0.25, 0.3) is 0 Å². The molecule has 0 spiro atoms. The van der Waals surface area contributed by atoms with Gasteiger partial charge in [0.05, 0.1) is 39.6 Å². The molecule has 230 valence electrons. The number of phenolic OH excluding ortho intramolecular Hbond substituents is 3. The number of rotatable bonds is 4. The molecule has 0 atom stereocenters. The maximum atomic E-state index is 11.3. The topological polar surface area (TPSA) is 88.4 Å². The minimum absolute atomic E-state index is 0.121. The molecular formula is C38H35IO6. The molecule has 0 aromatic heterocycles. The summed E-state index contributed by atoms with van der Waals surface area (Å²) in [5, 5.41) is 33.7. The summed E-state index contributed by atoms with van der Waals surface area (Å²) in [5.41, 5.74) is 8.22. The molecular weight excluding hydrogens is 679 g/mol. The summed E-state index contributed by atoms with van der Waals surface area (Å²) in [5.74, 6) is 0.364. The zero-order valence-electron chi connectivity index (χ0n) is 24.8. The largest absolute Gasteiger partial charge is 0.507 e. The number of hydrogen-bond acceptors (Lipinski definition) is 6. The van der Waals surface area contributed by atoms with Crippen LogP contribution in [0.1, 0.15) is 55.6 Å². The zero-order chi connectivity index (χ0) is 31.2. The van der Waals surface area contributed by atoms with Gasteiger partial charge in [0, 0.05) is 37.0 Å². The van der Waals surface area contributed by atoms with Crippen molar-refractivity contribution in [3.8, 4) is 17.2 Å². The quantitative estimate of drug-likeness (QED) is 0.163. The maximum Gasteiger partial charge on any atom is 0.126 e. The Balaban J connectivity index is 1.36. The molecule has 6 nitrogen and oxygen atoms in total. The lowest BCUT2D eigenvalue weighted by Gasteiger charge is -2.17. The van der Waals surface area contributed by atoms with E-state index in [0.29, 0.717) is 46.2 Å². The molecule has 1 aliphatic heterocycles. The van der Waals surface area contributed by atoms with Crippen LogP contribution in [0, 0.1) is 3.57 Å². The van der Waals surface area contributed by atoms with E-state index in [9.17, 15) is 15.3 Å². The van der Waals surface area contributed by atoms with Crippen molar-refractivity contribution < 1.29 is 29.5 Å². The summed E-state index contributed by atoms with van der Waals surface area (Å²) in [7, 11) is 0. The minimum Gasteiger partial charge on any atom is -0.507 e. The highest BCUT2D eigenvalue weighted by Crippen LogP contribution is 2.33. The summed E-state index contributed by atoms with van der Waals surface area (Å²) in [6.07, 6.45) is 1.38. The van der Waals surface area contributed by atoms with Crippen molar-refractivity contribution in [1.29, 1.82) is 0 Å². The fraction of sp³-hybridized carbons (Fsp3) is 0.211. The van der Waals surface area contributed by atoms with Gasteiger partial charge in [0.1, 0.15) is 17.2 Å². The van der Waals surface area contributed by atoms with Gasteiger partial charge in [0.2, 0.25) is 0 Å². The normalized spacial score (nSPS) is 14.0. The average Bonchev–Trinajstić information content (AvgIpc) is 3.03. The van der Waals surface area contributed by atoms with Gasteiger partial charge in [-0.05, 0) is 94.1 Å². The molecule has 0 aliphatic carbocycles. The van der Waals surface area contributed by atoms with Gasteiger partial charge in [-0.15, -0.1) is 0 Å². The first-order valence-electron chi connectivity index (χ1n) is 14.9. The van der Waals surface area contributed by atoms with Gasteiger partial charge in [-0.2, -0.15) is 0 Å². The Morgan fingerprint density at radius 3 is 1.02 bits per heavy atom. The second-order valence-electron chi connectivity index (χ2n) is 11.4. The van der Waals surface area contributed by atoms with Crippen LogP contribution in [0.15, 0.2) is 97.1 Å². The van der Waals surface area contributed by atoms with E-state index in [2.05, 4.69) is 46.9 Å². The van der Waals surface area contributed by atoms with Gasteiger partial charge >= 0.3 is 0 Å². The second-order valence-corrected chi connectivity index (χ2v) is 12.6. The zero-order valence-corrected chi connectivity index (χ0v) is 27.0. The second kappa shape index (κ2) is 14.5. The van der Waals surface area contributed by atoms with Gasteiger partial charge in [-0.1, -0.05) is 60.7 Å². The molecule has 7 heteroatoms. The number of halogens is 1. The first-order valence-corrected chi connectivity index (χ1v) is 16.0. The highest BCUT2D eigenvalue weighted by atomic mass is 127. The molecule has 0 radical (unpaired) electrons. The predicted molar refractivity (Wildman–Crippen MR) is 181 cm³/mol. The third kappa shape index (κ3) is 7.86. The van der Waals surface area contributed by atoms with Crippen molar-refractivity contribution in [2.75, 3.05) is 0 Å². The Morgan fingerprint density at radius 1 is 0.422 bits per heavy atom. The third-order valence-corrected chi connectivity index (χ3v) is 8.56. The first kappa shape index (κ1) is 31.1. The van der Waals surface area contributed by atoms with Crippen LogP contribution in [0.3, 0.4) is 0 Å². The Labute approximate surface area is 277 Å². The minimum atomic E-state index is 0.121. The number of hydrogen-bond donors (Lipinski definition) is 3. The summed E-state index contributed by atoms with van der Waals surface area (Å²) in [4.78, 5) is 0. The number of fused-ring (bicyclic) bond motifs is 6. The fourth-order valence-electron chi connectivity index (χ4n) is 5.72. The molecule has 0 amide bonds. The van der Waals surface area contributed by atoms with E-state index in [1.54, 1.807) is 0 Å². The van der Waals surface area contributed by atoms with Crippen LogP contribution in [0.4, 0.5) is 0 Å². The molecule has 6 bridgehead atoms. The Morgan fingerprint density at radius 2 is 0.711 bits per heavy atom. The van der Waals surface area contributed by atoms with Gasteiger partial charge < -0.3 is 29.5 Å². The molecule has 0 saturated heterocycles. The first-order chi connectivity index (χ1) is 21.9. The SMILES string of the molecule is Oc1c2cc(I)cc1COCc1cc(Cc3ccccc3)cc(c1O)COCc1cc(Cc3ccccc3)cc(c1O)COC2. The smallest absolute Gasteiger partial charge is 0.126 e. The molecule has 0 unspecified atom stereocenters. The standard InChI is InChI=1S/C38H35IO6/c39-35-17-33-23-44-21-31-15-27(11-25-7-3-1-4-8-25)13-29(36(31)40)19-43-20-30-14-28(12-26-9-5-2-6-10-26)16-32(37(30)41)22-45-24-34(18-35)38(33)42/h1-10,13-18,40-42H,11-12,19-24H2. The van der Waals surface area contributed by atoms with E-state index >= 15 is 0 Å². The highest BCUT2D eigenvalue weighted by Gasteiger charge is 2.17. The van der Waals surface area contributed by atoms with E-state index < -0.39 is 0 Å². The van der Waals surface area contributed by atoms with Crippen LogP contribution >= 0.6 is 22.6 Å². The maximum absolute atomic E-state index is 11.3. The van der Waals surface area contributed by atoms with Crippen LogP contribution in [-0.2, 0) is 66.7 Å². The lowest BCUT2D eigenvalue weighted by Crippen LogP contribution is -2.05. The number of phenols is 3. The Kier molecular flexibility index (Phi) is 10.0. The summed E-state index contributed by atoms with van der Waals surface area (Å²) in [6.45, 7) is 0.937. The number of benzene rings is 5. The van der Waals surface area contributed by atoms with Gasteiger partial charge in [-0.3, -0.25) is 0 Å². The summed E-state index contributed by atoms with van der Waals surface area (Å²) < 4.78 is 19.2. The number of aromatic hydroxyl groups is 3. The molecule has 1 heterocycles. The third-order valence-electron chi connectivity index (χ3n) is 7.94. The summed E-state index contributed by atoms with van der Waals surface area (Å²) >= 11 is 2.22. The van der Waals surface area contributed by atoms with E-state index in [0.717, 1.165) is 25.8 Å². The van der Waals surface area contributed by atoms with Crippen molar-refractivity contribution in [3.05, 3.63) is 156 Å².